The lowest BCUT2D eigenvalue weighted by atomic mass is 10.0. The molecule has 3 aromatic rings. The third-order valence-electron chi connectivity index (χ3n) is 3.82. The molecule has 1 aliphatic heterocycles. The molecule has 4 rings (SSSR count). The average molecular weight is 277 g/mol. The van der Waals surface area contributed by atoms with Crippen LogP contribution in [0.15, 0.2) is 60.8 Å². The van der Waals surface area contributed by atoms with Gasteiger partial charge in [0, 0.05) is 10.9 Å². The zero-order valence-electron chi connectivity index (χ0n) is 11.5. The van der Waals surface area contributed by atoms with Crippen molar-refractivity contribution in [1.82, 2.24) is 4.98 Å². The van der Waals surface area contributed by atoms with Crippen LogP contribution in [-0.2, 0) is 0 Å². The van der Waals surface area contributed by atoms with Gasteiger partial charge in [-0.25, -0.2) is 0 Å². The third-order valence-corrected chi connectivity index (χ3v) is 3.82. The molecule has 1 aliphatic rings. The molecule has 0 radical (unpaired) electrons. The molecule has 1 unspecified atom stereocenters. The fourth-order valence-corrected chi connectivity index (χ4v) is 2.69. The molecule has 0 N–H and O–H groups in total. The highest BCUT2D eigenvalue weighted by molar-refractivity contribution is 5.79. The van der Waals surface area contributed by atoms with E-state index in [1.165, 1.54) is 5.56 Å². The summed E-state index contributed by atoms with van der Waals surface area (Å²) in [6.45, 7) is 1.29. The first-order valence-corrected chi connectivity index (χ1v) is 7.09. The molecule has 2 aromatic carbocycles. The summed E-state index contributed by atoms with van der Waals surface area (Å²) < 4.78 is 11.6. The minimum Gasteiger partial charge on any atom is -0.493 e. The van der Waals surface area contributed by atoms with E-state index in [4.69, 9.17) is 9.47 Å². The summed E-state index contributed by atoms with van der Waals surface area (Å²) in [5.41, 5.74) is 2.21. The van der Waals surface area contributed by atoms with Crippen molar-refractivity contribution >= 4 is 10.9 Å². The van der Waals surface area contributed by atoms with Crippen LogP contribution in [0.4, 0.5) is 0 Å². The van der Waals surface area contributed by atoms with Gasteiger partial charge in [0.25, 0.3) is 0 Å². The van der Waals surface area contributed by atoms with Crippen molar-refractivity contribution in [3.8, 4) is 11.5 Å². The number of hydrogen-bond donors (Lipinski definition) is 0. The van der Waals surface area contributed by atoms with Gasteiger partial charge in [0.05, 0.1) is 30.8 Å². The zero-order chi connectivity index (χ0) is 14.1. The summed E-state index contributed by atoms with van der Waals surface area (Å²) in [5.74, 6) is 2.06. The number of nitrogens with zero attached hydrogens (tertiary/aromatic N) is 1. The number of aromatic nitrogens is 1. The van der Waals surface area contributed by atoms with Crippen LogP contribution >= 0.6 is 0 Å². The first-order chi connectivity index (χ1) is 10.4. The molecular weight excluding hydrogens is 262 g/mol. The Hall–Kier alpha value is -2.55. The van der Waals surface area contributed by atoms with Crippen LogP contribution in [0.25, 0.3) is 10.9 Å². The van der Waals surface area contributed by atoms with Gasteiger partial charge in [0.15, 0.2) is 0 Å². The third kappa shape index (κ3) is 2.31. The van der Waals surface area contributed by atoms with E-state index in [0.717, 1.165) is 22.4 Å². The van der Waals surface area contributed by atoms with Crippen LogP contribution in [-0.4, -0.2) is 18.2 Å². The summed E-state index contributed by atoms with van der Waals surface area (Å²) in [4.78, 5) is 4.41. The van der Waals surface area contributed by atoms with E-state index in [0.29, 0.717) is 13.2 Å². The second-order valence-corrected chi connectivity index (χ2v) is 5.22. The predicted molar refractivity (Wildman–Crippen MR) is 81.9 cm³/mol. The lowest BCUT2D eigenvalue weighted by Crippen LogP contribution is -2.11. The van der Waals surface area contributed by atoms with E-state index in [-0.39, 0.29) is 5.92 Å². The maximum absolute atomic E-state index is 5.91. The molecule has 1 aromatic heterocycles. The molecule has 0 bridgehead atoms. The van der Waals surface area contributed by atoms with Gasteiger partial charge in [-0.3, -0.25) is 4.98 Å². The molecule has 0 amide bonds. The Morgan fingerprint density at radius 3 is 2.95 bits per heavy atom. The van der Waals surface area contributed by atoms with E-state index < -0.39 is 0 Å². The topological polar surface area (TPSA) is 31.4 Å². The summed E-state index contributed by atoms with van der Waals surface area (Å²) in [7, 11) is 0. The highest BCUT2D eigenvalue weighted by Crippen LogP contribution is 2.33. The largest absolute Gasteiger partial charge is 0.493 e. The van der Waals surface area contributed by atoms with Crippen molar-refractivity contribution in [3.63, 3.8) is 0 Å². The van der Waals surface area contributed by atoms with Gasteiger partial charge in [-0.15, -0.1) is 0 Å². The molecule has 0 spiro atoms. The highest BCUT2D eigenvalue weighted by atomic mass is 16.5. The maximum atomic E-state index is 5.91. The number of benzene rings is 2. The molecule has 0 aliphatic carbocycles. The zero-order valence-corrected chi connectivity index (χ0v) is 11.5. The van der Waals surface area contributed by atoms with E-state index >= 15 is 0 Å². The van der Waals surface area contributed by atoms with Gasteiger partial charge < -0.3 is 9.47 Å². The van der Waals surface area contributed by atoms with Crippen LogP contribution in [0.3, 0.4) is 0 Å². The fourth-order valence-electron chi connectivity index (χ4n) is 2.69. The van der Waals surface area contributed by atoms with E-state index in [1.807, 2.05) is 48.5 Å². The molecule has 0 saturated heterocycles. The minimum absolute atomic E-state index is 0.285. The Morgan fingerprint density at radius 2 is 1.95 bits per heavy atom. The Labute approximate surface area is 123 Å². The van der Waals surface area contributed by atoms with Crippen molar-refractivity contribution in [2.45, 2.75) is 5.92 Å². The predicted octanol–water partition coefficient (Wildman–Crippen LogP) is 3.79. The number of ether oxygens (including phenoxy) is 2. The van der Waals surface area contributed by atoms with Crippen molar-refractivity contribution in [1.29, 1.82) is 0 Å². The van der Waals surface area contributed by atoms with E-state index in [2.05, 4.69) is 11.1 Å². The lowest BCUT2D eigenvalue weighted by Gasteiger charge is -2.11. The Kier molecular flexibility index (Phi) is 2.96. The first kappa shape index (κ1) is 12.2. The average Bonchev–Trinajstić information content (AvgIpc) is 2.96. The van der Waals surface area contributed by atoms with Crippen molar-refractivity contribution < 1.29 is 9.47 Å². The van der Waals surface area contributed by atoms with Gasteiger partial charge >= 0.3 is 0 Å². The van der Waals surface area contributed by atoms with Crippen LogP contribution in [0.1, 0.15) is 11.5 Å². The van der Waals surface area contributed by atoms with Gasteiger partial charge in [-0.05, 0) is 18.2 Å². The lowest BCUT2D eigenvalue weighted by molar-refractivity contribution is 0.248. The molecule has 104 valence electrons. The second kappa shape index (κ2) is 5.09. The maximum Gasteiger partial charge on any atom is 0.138 e. The summed E-state index contributed by atoms with van der Waals surface area (Å²) in [5, 5.41) is 1.10. The molecule has 21 heavy (non-hydrogen) atoms. The summed E-state index contributed by atoms with van der Waals surface area (Å²) >= 11 is 0. The Bertz CT molecular complexity index is 785. The van der Waals surface area contributed by atoms with Crippen LogP contribution in [0, 0.1) is 0 Å². The van der Waals surface area contributed by atoms with Gasteiger partial charge in [-0.2, -0.15) is 0 Å². The molecular formula is C18H15NO2. The number of rotatable bonds is 3. The quantitative estimate of drug-likeness (QED) is 0.730. The smallest absolute Gasteiger partial charge is 0.138 e. The molecule has 3 heteroatoms. The Morgan fingerprint density at radius 1 is 1.10 bits per heavy atom. The van der Waals surface area contributed by atoms with Crippen molar-refractivity contribution in [2.75, 3.05) is 13.2 Å². The molecule has 1 atom stereocenters. The molecule has 3 nitrogen and oxygen atoms in total. The van der Waals surface area contributed by atoms with Gasteiger partial charge in [0.2, 0.25) is 0 Å². The second-order valence-electron chi connectivity index (χ2n) is 5.22. The SMILES string of the molecule is c1ccc2c(c1)OCC2COc1cnc2ccccc2c1. The van der Waals surface area contributed by atoms with E-state index in [9.17, 15) is 0 Å². The normalized spacial score (nSPS) is 16.5. The molecule has 0 fully saturated rings. The fraction of sp³-hybridized carbons (Fsp3) is 0.167. The highest BCUT2D eigenvalue weighted by Gasteiger charge is 2.24. The number of hydrogen-bond acceptors (Lipinski definition) is 3. The summed E-state index contributed by atoms with van der Waals surface area (Å²) in [6, 6.07) is 18.2. The number of fused-ring (bicyclic) bond motifs is 2. The van der Waals surface area contributed by atoms with Gasteiger partial charge in [0.1, 0.15) is 11.5 Å². The Balaban J connectivity index is 1.51. The molecule has 2 heterocycles. The number of para-hydroxylation sites is 2. The van der Waals surface area contributed by atoms with Crippen LogP contribution in [0.2, 0.25) is 0 Å². The van der Waals surface area contributed by atoms with E-state index in [1.54, 1.807) is 6.20 Å². The van der Waals surface area contributed by atoms with Gasteiger partial charge in [-0.1, -0.05) is 36.4 Å². The van der Waals surface area contributed by atoms with Crippen molar-refractivity contribution in [3.05, 3.63) is 66.4 Å². The number of pyridine rings is 1. The van der Waals surface area contributed by atoms with Crippen molar-refractivity contribution in [2.24, 2.45) is 0 Å². The monoisotopic (exact) mass is 277 g/mol. The summed E-state index contributed by atoms with van der Waals surface area (Å²) in [6.07, 6.45) is 1.78. The standard InChI is InChI=1S/C18H15NO2/c1-3-7-17-13(5-1)9-15(10-19-17)20-11-14-12-21-18-8-4-2-6-16(14)18/h1-10,14H,11-12H2. The first-order valence-electron chi connectivity index (χ1n) is 7.09. The molecule has 0 saturated carbocycles. The van der Waals surface area contributed by atoms with Crippen LogP contribution < -0.4 is 9.47 Å². The van der Waals surface area contributed by atoms with Crippen LogP contribution in [0.5, 0.6) is 11.5 Å². The minimum atomic E-state index is 0.285.